The molecule has 146 valence electrons. The van der Waals surface area contributed by atoms with Gasteiger partial charge in [-0.05, 0) is 62.4 Å². The van der Waals surface area contributed by atoms with Gasteiger partial charge in [0.15, 0.2) is 0 Å². The maximum absolute atomic E-state index is 12.7. The van der Waals surface area contributed by atoms with Crippen LogP contribution in [-0.4, -0.2) is 52.0 Å². The lowest BCUT2D eigenvalue weighted by Gasteiger charge is -2.41. The molecule has 0 spiro atoms. The van der Waals surface area contributed by atoms with Gasteiger partial charge in [-0.15, -0.1) is 13.2 Å². The molecule has 0 aromatic heterocycles. The van der Waals surface area contributed by atoms with Gasteiger partial charge >= 0.3 is 6.36 Å². The molecule has 0 aliphatic carbocycles. The molecule has 0 radical (unpaired) electrons. The number of nitrogens with zero attached hydrogens (tertiary/aromatic N) is 2. The summed E-state index contributed by atoms with van der Waals surface area (Å²) in [5.41, 5.74) is 0. The van der Waals surface area contributed by atoms with Crippen LogP contribution in [-0.2, 0) is 11.0 Å². The highest BCUT2D eigenvalue weighted by Crippen LogP contribution is 2.27. The first-order valence-corrected chi connectivity index (χ1v) is 10.2. The van der Waals surface area contributed by atoms with Crippen molar-refractivity contribution in [3.63, 3.8) is 0 Å². The molecule has 0 bridgehead atoms. The van der Waals surface area contributed by atoms with E-state index >= 15 is 0 Å². The Bertz CT molecular complexity index is 616. The lowest BCUT2D eigenvalue weighted by molar-refractivity contribution is -0.274. The number of rotatable bonds is 4. The number of hydrogen-bond donors (Lipinski definition) is 0. The first-order chi connectivity index (χ1) is 12.3. The third-order valence-electron chi connectivity index (χ3n) is 5.12. The van der Waals surface area contributed by atoms with E-state index in [1.807, 2.05) is 4.31 Å². The van der Waals surface area contributed by atoms with Gasteiger partial charge in [-0.3, -0.25) is 0 Å². The summed E-state index contributed by atoms with van der Waals surface area (Å²) < 4.78 is 55.1. The van der Waals surface area contributed by atoms with Crippen molar-refractivity contribution in [3.8, 4) is 5.75 Å². The average molecular weight is 390 g/mol. The molecule has 2 heterocycles. The molecule has 26 heavy (non-hydrogen) atoms. The van der Waals surface area contributed by atoms with Crippen LogP contribution in [0.4, 0.5) is 13.2 Å². The molecule has 3 rings (SSSR count). The van der Waals surface area contributed by atoms with E-state index < -0.39 is 17.3 Å². The molecular weight excluding hydrogens is 365 g/mol. The Labute approximate surface area is 154 Å². The van der Waals surface area contributed by atoms with Gasteiger partial charge in [-0.1, -0.05) is 6.92 Å². The van der Waals surface area contributed by atoms with Crippen LogP contribution in [0.3, 0.4) is 0 Å². The van der Waals surface area contributed by atoms with Crippen LogP contribution in [0.5, 0.6) is 5.75 Å². The number of ether oxygens (including phenoxy) is 1. The van der Waals surface area contributed by atoms with Crippen molar-refractivity contribution in [1.29, 1.82) is 0 Å². The zero-order valence-electron chi connectivity index (χ0n) is 14.9. The molecule has 0 N–H and O–H groups in total. The van der Waals surface area contributed by atoms with E-state index in [4.69, 9.17) is 0 Å². The second-order valence-corrected chi connectivity index (χ2v) is 8.66. The normalized spacial score (nSPS) is 25.2. The Kier molecular flexibility index (Phi) is 6.25. The van der Waals surface area contributed by atoms with Crippen LogP contribution in [0.25, 0.3) is 0 Å². The first kappa shape index (κ1) is 19.6. The fourth-order valence-corrected chi connectivity index (χ4v) is 5.05. The summed E-state index contributed by atoms with van der Waals surface area (Å²) in [6.45, 7) is 6.07. The van der Waals surface area contributed by atoms with Crippen LogP contribution in [0.1, 0.15) is 32.6 Å². The highest BCUT2D eigenvalue weighted by atomic mass is 32.2. The summed E-state index contributed by atoms with van der Waals surface area (Å²) in [5.74, 6) is 0.449. The Morgan fingerprint density at radius 2 is 1.73 bits per heavy atom. The number of piperidine rings is 2. The largest absolute Gasteiger partial charge is 0.573 e. The summed E-state index contributed by atoms with van der Waals surface area (Å²) >= 11 is 0. The minimum Gasteiger partial charge on any atom is -0.406 e. The number of halogens is 3. The minimum absolute atomic E-state index is 0.295. The molecule has 2 fully saturated rings. The van der Waals surface area contributed by atoms with Gasteiger partial charge < -0.3 is 9.64 Å². The predicted molar refractivity (Wildman–Crippen MR) is 94.1 cm³/mol. The van der Waals surface area contributed by atoms with Gasteiger partial charge in [-0.25, -0.2) is 8.51 Å². The Morgan fingerprint density at radius 3 is 2.31 bits per heavy atom. The Balaban J connectivity index is 1.53. The number of benzene rings is 1. The first-order valence-electron chi connectivity index (χ1n) is 9.08. The van der Waals surface area contributed by atoms with Crippen molar-refractivity contribution in [2.75, 3.05) is 26.2 Å². The van der Waals surface area contributed by atoms with E-state index in [2.05, 4.69) is 16.6 Å². The van der Waals surface area contributed by atoms with E-state index in [1.54, 1.807) is 0 Å². The number of alkyl halides is 3. The van der Waals surface area contributed by atoms with Crippen molar-refractivity contribution in [1.82, 2.24) is 9.21 Å². The Hall–Kier alpha value is -1.12. The van der Waals surface area contributed by atoms with Crippen molar-refractivity contribution in [2.45, 2.75) is 49.9 Å². The molecular formula is C18H25F3N2O2S. The molecule has 1 aromatic carbocycles. The zero-order chi connectivity index (χ0) is 18.7. The topological polar surface area (TPSA) is 32.8 Å². The van der Waals surface area contributed by atoms with Gasteiger partial charge in [0.05, 0.1) is 4.90 Å². The second-order valence-electron chi connectivity index (χ2n) is 7.17. The quantitative estimate of drug-likeness (QED) is 0.784. The third-order valence-corrected chi connectivity index (χ3v) is 6.63. The Morgan fingerprint density at radius 1 is 1.08 bits per heavy atom. The van der Waals surface area contributed by atoms with Crippen molar-refractivity contribution in [3.05, 3.63) is 24.3 Å². The summed E-state index contributed by atoms with van der Waals surface area (Å²) in [4.78, 5) is 3.07. The smallest absolute Gasteiger partial charge is 0.406 e. The van der Waals surface area contributed by atoms with Crippen molar-refractivity contribution in [2.24, 2.45) is 5.92 Å². The summed E-state index contributed by atoms with van der Waals surface area (Å²) in [6, 6.07) is 5.85. The van der Waals surface area contributed by atoms with E-state index in [9.17, 15) is 17.4 Å². The van der Waals surface area contributed by atoms with Gasteiger partial charge in [0.1, 0.15) is 16.7 Å². The van der Waals surface area contributed by atoms with Crippen LogP contribution in [0.15, 0.2) is 29.2 Å². The molecule has 0 saturated carbocycles. The van der Waals surface area contributed by atoms with Gasteiger partial charge in [0.2, 0.25) is 0 Å². The van der Waals surface area contributed by atoms with Gasteiger partial charge in [0, 0.05) is 25.7 Å². The fourth-order valence-electron chi connectivity index (χ4n) is 3.84. The van der Waals surface area contributed by atoms with Crippen LogP contribution >= 0.6 is 0 Å². The fraction of sp³-hybridized carbons (Fsp3) is 0.667. The molecule has 1 aromatic rings. The lowest BCUT2D eigenvalue weighted by Crippen LogP contribution is -2.48. The second kappa shape index (κ2) is 8.27. The van der Waals surface area contributed by atoms with Crippen LogP contribution < -0.4 is 4.74 Å². The van der Waals surface area contributed by atoms with Crippen LogP contribution in [0.2, 0.25) is 0 Å². The molecule has 4 nitrogen and oxygen atoms in total. The molecule has 8 heteroatoms. The third kappa shape index (κ3) is 5.20. The highest BCUT2D eigenvalue weighted by Gasteiger charge is 2.32. The van der Waals surface area contributed by atoms with Gasteiger partial charge in [-0.2, -0.15) is 0 Å². The molecule has 2 aliphatic rings. The zero-order valence-corrected chi connectivity index (χ0v) is 15.7. The molecule has 0 amide bonds. The standard InChI is InChI=1S/C18H25F3N2O2S/c1-14-3-2-10-22(13-14)15-8-11-23(12-9-15)26(24)17-6-4-16(5-7-17)25-18(19,20)21/h4-7,14-15H,2-3,8-13H2,1H3. The van der Waals surface area contributed by atoms with E-state index in [1.165, 1.54) is 37.1 Å². The van der Waals surface area contributed by atoms with Crippen molar-refractivity contribution >= 4 is 11.0 Å². The van der Waals surface area contributed by atoms with E-state index in [0.717, 1.165) is 44.9 Å². The molecule has 2 unspecified atom stereocenters. The number of hydrogen-bond acceptors (Lipinski definition) is 3. The summed E-state index contributed by atoms with van der Waals surface area (Å²) in [7, 11) is -1.35. The van der Waals surface area contributed by atoms with Crippen molar-refractivity contribution < 1.29 is 22.1 Å². The maximum Gasteiger partial charge on any atom is 0.573 e. The monoisotopic (exact) mass is 390 g/mol. The summed E-state index contributed by atoms with van der Waals surface area (Å²) in [5, 5.41) is 0. The van der Waals surface area contributed by atoms with E-state index in [-0.39, 0.29) is 5.75 Å². The lowest BCUT2D eigenvalue weighted by atomic mass is 9.96. The van der Waals surface area contributed by atoms with E-state index in [0.29, 0.717) is 10.9 Å². The minimum atomic E-state index is -4.71. The molecule has 2 atom stereocenters. The van der Waals surface area contributed by atoms with Crippen LogP contribution in [0, 0.1) is 5.92 Å². The number of likely N-dealkylation sites (tertiary alicyclic amines) is 1. The maximum atomic E-state index is 12.7. The summed E-state index contributed by atoms with van der Waals surface area (Å²) in [6.07, 6.45) is -0.205. The average Bonchev–Trinajstić information content (AvgIpc) is 2.61. The molecule has 2 aliphatic heterocycles. The molecule has 2 saturated heterocycles. The predicted octanol–water partition coefficient (Wildman–Crippen LogP) is 3.80. The SMILES string of the molecule is CC1CCCN(C2CCN(S(=O)c3ccc(OC(F)(F)F)cc3)CC2)C1. The van der Waals surface area contributed by atoms with Gasteiger partial charge in [0.25, 0.3) is 0 Å². The highest BCUT2D eigenvalue weighted by molar-refractivity contribution is 7.82.